The van der Waals surface area contributed by atoms with Crippen LogP contribution in [-0.2, 0) is 25.4 Å². The second kappa shape index (κ2) is 6.89. The van der Waals surface area contributed by atoms with Crippen LogP contribution in [0.1, 0.15) is 22.7 Å². The van der Waals surface area contributed by atoms with Crippen molar-refractivity contribution in [3.8, 4) is 0 Å². The number of nitrogens with zero attached hydrogens (tertiary/aromatic N) is 5. The zero-order valence-electron chi connectivity index (χ0n) is 15.6. The van der Waals surface area contributed by atoms with Crippen LogP contribution >= 0.6 is 0 Å². The fourth-order valence-corrected chi connectivity index (χ4v) is 4.17. The minimum atomic E-state index is 0.0164. The number of rotatable bonds is 3. The van der Waals surface area contributed by atoms with E-state index in [0.717, 1.165) is 50.7 Å². The maximum atomic E-state index is 13.0. The van der Waals surface area contributed by atoms with Crippen molar-refractivity contribution in [1.82, 2.24) is 23.9 Å². The van der Waals surface area contributed by atoms with E-state index in [-0.39, 0.29) is 11.3 Å². The molecule has 0 bridgehead atoms. The summed E-state index contributed by atoms with van der Waals surface area (Å²) in [7, 11) is 3.95. The molecular formula is C19H27N5O2. The van der Waals surface area contributed by atoms with Gasteiger partial charge in [0.25, 0.3) is 5.91 Å². The molecule has 0 aliphatic carbocycles. The van der Waals surface area contributed by atoms with Crippen LogP contribution < -0.4 is 0 Å². The van der Waals surface area contributed by atoms with E-state index in [1.165, 1.54) is 0 Å². The van der Waals surface area contributed by atoms with E-state index < -0.39 is 0 Å². The predicted octanol–water partition coefficient (Wildman–Crippen LogP) is 1.12. The standard InChI is InChI=1S/C19H27N5O2/c1-21-7-3-4-16(21)18(25)24-10-11-26-15-19(14-24)5-8-23(13-19)12-17-20-6-9-22(17)2/h3-4,6-7,9H,5,8,10-15H2,1-2H3. The summed E-state index contributed by atoms with van der Waals surface area (Å²) in [4.78, 5) is 21.8. The van der Waals surface area contributed by atoms with Crippen molar-refractivity contribution in [3.63, 3.8) is 0 Å². The summed E-state index contributed by atoms with van der Waals surface area (Å²) in [5, 5.41) is 0. The number of aromatic nitrogens is 3. The number of likely N-dealkylation sites (tertiary alicyclic amines) is 1. The lowest BCUT2D eigenvalue weighted by Crippen LogP contribution is -2.43. The molecule has 4 rings (SSSR count). The zero-order chi connectivity index (χ0) is 18.1. The molecule has 1 unspecified atom stereocenters. The first-order chi connectivity index (χ1) is 12.6. The minimum absolute atomic E-state index is 0.0164. The van der Waals surface area contributed by atoms with Gasteiger partial charge in [0.1, 0.15) is 11.5 Å². The van der Waals surface area contributed by atoms with Crippen LogP contribution in [0.25, 0.3) is 0 Å². The van der Waals surface area contributed by atoms with Crippen molar-refractivity contribution in [1.29, 1.82) is 0 Å². The lowest BCUT2D eigenvalue weighted by molar-refractivity contribution is 0.0637. The van der Waals surface area contributed by atoms with Crippen molar-refractivity contribution in [3.05, 3.63) is 42.2 Å². The van der Waals surface area contributed by atoms with Gasteiger partial charge in [-0.3, -0.25) is 9.69 Å². The van der Waals surface area contributed by atoms with Crippen LogP contribution in [0.2, 0.25) is 0 Å². The number of aryl methyl sites for hydroxylation is 2. The van der Waals surface area contributed by atoms with E-state index in [4.69, 9.17) is 4.74 Å². The number of carbonyl (C=O) groups excluding carboxylic acids is 1. The molecule has 1 atom stereocenters. The maximum absolute atomic E-state index is 13.0. The first kappa shape index (κ1) is 17.3. The molecule has 0 N–H and O–H groups in total. The Labute approximate surface area is 154 Å². The summed E-state index contributed by atoms with van der Waals surface area (Å²) in [5.74, 6) is 1.18. The lowest BCUT2D eigenvalue weighted by Gasteiger charge is -2.32. The highest BCUT2D eigenvalue weighted by molar-refractivity contribution is 5.92. The van der Waals surface area contributed by atoms with E-state index in [1.807, 2.05) is 54.3 Å². The van der Waals surface area contributed by atoms with Crippen molar-refractivity contribution < 1.29 is 9.53 Å². The van der Waals surface area contributed by atoms with Gasteiger partial charge in [0.05, 0.1) is 19.8 Å². The molecule has 1 spiro atoms. The molecule has 0 saturated carbocycles. The van der Waals surface area contributed by atoms with Gasteiger partial charge in [0, 0.05) is 57.7 Å². The molecule has 7 nitrogen and oxygen atoms in total. The van der Waals surface area contributed by atoms with Crippen molar-refractivity contribution in [2.45, 2.75) is 13.0 Å². The van der Waals surface area contributed by atoms with Crippen LogP contribution in [0, 0.1) is 5.41 Å². The molecule has 26 heavy (non-hydrogen) atoms. The average molecular weight is 357 g/mol. The largest absolute Gasteiger partial charge is 0.379 e. The molecule has 2 fully saturated rings. The molecule has 0 radical (unpaired) electrons. The minimum Gasteiger partial charge on any atom is -0.379 e. The summed E-state index contributed by atoms with van der Waals surface area (Å²) in [6.07, 6.45) is 6.79. The van der Waals surface area contributed by atoms with Gasteiger partial charge in [-0.2, -0.15) is 0 Å². The number of amides is 1. The number of carbonyl (C=O) groups is 1. The number of hydrogen-bond donors (Lipinski definition) is 0. The summed E-state index contributed by atoms with van der Waals surface area (Å²) in [6.45, 7) is 5.55. The number of ether oxygens (including phenoxy) is 1. The molecule has 140 valence electrons. The van der Waals surface area contributed by atoms with E-state index in [1.54, 1.807) is 0 Å². The Balaban J connectivity index is 1.47. The molecule has 1 amide bonds. The smallest absolute Gasteiger partial charge is 0.270 e. The van der Waals surface area contributed by atoms with E-state index in [0.29, 0.717) is 13.2 Å². The number of hydrogen-bond acceptors (Lipinski definition) is 4. The molecule has 2 saturated heterocycles. The highest BCUT2D eigenvalue weighted by atomic mass is 16.5. The first-order valence-electron chi connectivity index (χ1n) is 9.23. The van der Waals surface area contributed by atoms with Gasteiger partial charge < -0.3 is 18.8 Å². The topological polar surface area (TPSA) is 55.5 Å². The zero-order valence-corrected chi connectivity index (χ0v) is 15.6. The van der Waals surface area contributed by atoms with E-state index >= 15 is 0 Å². The highest BCUT2D eigenvalue weighted by Crippen LogP contribution is 2.34. The molecule has 7 heteroatoms. The molecule has 0 aromatic carbocycles. The summed E-state index contributed by atoms with van der Waals surface area (Å²) >= 11 is 0. The van der Waals surface area contributed by atoms with Gasteiger partial charge in [-0.25, -0.2) is 4.98 Å². The maximum Gasteiger partial charge on any atom is 0.270 e. The Kier molecular flexibility index (Phi) is 4.58. The van der Waals surface area contributed by atoms with Gasteiger partial charge in [-0.15, -0.1) is 0 Å². The first-order valence-corrected chi connectivity index (χ1v) is 9.23. The predicted molar refractivity (Wildman–Crippen MR) is 97.7 cm³/mol. The van der Waals surface area contributed by atoms with Crippen LogP contribution in [0.3, 0.4) is 0 Å². The molecule has 2 aromatic rings. The van der Waals surface area contributed by atoms with Gasteiger partial charge in [0.2, 0.25) is 0 Å². The normalized spacial score (nSPS) is 24.3. The van der Waals surface area contributed by atoms with Crippen LogP contribution in [0.15, 0.2) is 30.7 Å². The molecule has 4 heterocycles. The SMILES string of the molecule is Cn1cccc1C(=O)N1CCOCC2(CCN(Cc3nccn3C)C2)C1. The van der Waals surface area contributed by atoms with Crippen molar-refractivity contribution in [2.75, 3.05) is 39.4 Å². The lowest BCUT2D eigenvalue weighted by atomic mass is 9.87. The van der Waals surface area contributed by atoms with Crippen molar-refractivity contribution in [2.24, 2.45) is 19.5 Å². The van der Waals surface area contributed by atoms with E-state index in [9.17, 15) is 4.79 Å². The van der Waals surface area contributed by atoms with E-state index in [2.05, 4.69) is 14.5 Å². The Bertz CT molecular complexity index is 782. The van der Waals surface area contributed by atoms with Crippen LogP contribution in [-0.4, -0.2) is 69.2 Å². The molecule has 2 aromatic heterocycles. The Morgan fingerprint density at radius 2 is 2.12 bits per heavy atom. The second-order valence-corrected chi connectivity index (χ2v) is 7.70. The van der Waals surface area contributed by atoms with Crippen LogP contribution in [0.5, 0.6) is 0 Å². The monoisotopic (exact) mass is 357 g/mol. The quantitative estimate of drug-likeness (QED) is 0.826. The van der Waals surface area contributed by atoms with Gasteiger partial charge in [0.15, 0.2) is 0 Å². The van der Waals surface area contributed by atoms with Crippen molar-refractivity contribution >= 4 is 5.91 Å². The highest BCUT2D eigenvalue weighted by Gasteiger charge is 2.42. The van der Waals surface area contributed by atoms with Gasteiger partial charge in [-0.1, -0.05) is 0 Å². The number of imidazole rings is 1. The molecular weight excluding hydrogens is 330 g/mol. The second-order valence-electron chi connectivity index (χ2n) is 7.70. The fourth-order valence-electron chi connectivity index (χ4n) is 4.17. The summed E-state index contributed by atoms with van der Waals surface area (Å²) in [5.41, 5.74) is 0.757. The van der Waals surface area contributed by atoms with Gasteiger partial charge >= 0.3 is 0 Å². The molecule has 2 aliphatic heterocycles. The third-order valence-corrected chi connectivity index (χ3v) is 5.69. The fraction of sp³-hybridized carbons (Fsp3) is 0.579. The third-order valence-electron chi connectivity index (χ3n) is 5.69. The Morgan fingerprint density at radius 1 is 1.23 bits per heavy atom. The average Bonchev–Trinajstić information content (AvgIpc) is 3.28. The summed E-state index contributed by atoms with van der Waals surface area (Å²) in [6, 6.07) is 3.81. The molecule has 2 aliphatic rings. The Morgan fingerprint density at radius 3 is 2.85 bits per heavy atom. The Hall–Kier alpha value is -2.12. The van der Waals surface area contributed by atoms with Gasteiger partial charge in [-0.05, 0) is 25.1 Å². The van der Waals surface area contributed by atoms with Crippen LogP contribution in [0.4, 0.5) is 0 Å². The summed E-state index contributed by atoms with van der Waals surface area (Å²) < 4.78 is 9.88. The third kappa shape index (κ3) is 3.29.